The van der Waals surface area contributed by atoms with Gasteiger partial charge in [0.05, 0.1) is 10.6 Å². The zero-order valence-corrected chi connectivity index (χ0v) is 13.3. The fourth-order valence-corrected chi connectivity index (χ4v) is 4.61. The molecule has 0 radical (unpaired) electrons. The first-order valence-electron chi connectivity index (χ1n) is 5.52. The molecule has 0 saturated carbocycles. The third-order valence-electron chi connectivity index (χ3n) is 2.69. The molecule has 0 unspecified atom stereocenters. The van der Waals surface area contributed by atoms with Crippen molar-refractivity contribution in [1.29, 1.82) is 0 Å². The van der Waals surface area contributed by atoms with Crippen molar-refractivity contribution >= 4 is 43.1 Å². The summed E-state index contributed by atoms with van der Waals surface area (Å²) in [5, 5.41) is 0.0835. The summed E-state index contributed by atoms with van der Waals surface area (Å²) in [4.78, 5) is 0.0472. The maximum absolute atomic E-state index is 13.7. The average Bonchev–Trinajstić information content (AvgIpc) is 2.33. The van der Waals surface area contributed by atoms with Crippen molar-refractivity contribution in [2.75, 3.05) is 5.73 Å². The van der Waals surface area contributed by atoms with Gasteiger partial charge in [-0.05, 0) is 46.3 Å². The summed E-state index contributed by atoms with van der Waals surface area (Å²) in [6, 6.07) is 8.38. The van der Waals surface area contributed by atoms with Gasteiger partial charge in [0.25, 0.3) is 0 Å². The molecule has 3 nitrogen and oxygen atoms in total. The molecule has 0 atom stereocenters. The summed E-state index contributed by atoms with van der Waals surface area (Å²) in [6.07, 6.45) is 0. The molecule has 0 aliphatic carbocycles. The molecule has 20 heavy (non-hydrogen) atoms. The highest BCUT2D eigenvalue weighted by Gasteiger charge is 2.22. The van der Waals surface area contributed by atoms with Crippen LogP contribution in [0.15, 0.2) is 45.8 Å². The molecule has 2 aromatic carbocycles. The van der Waals surface area contributed by atoms with E-state index in [1.54, 1.807) is 0 Å². The Balaban J connectivity index is 2.46. The lowest BCUT2D eigenvalue weighted by Crippen LogP contribution is -2.08. The van der Waals surface area contributed by atoms with E-state index in [0.29, 0.717) is 10.2 Å². The minimum absolute atomic E-state index is 0.0436. The van der Waals surface area contributed by atoms with Crippen LogP contribution in [0.1, 0.15) is 5.56 Å². The molecule has 106 valence electrons. The first-order chi connectivity index (χ1) is 9.31. The molecule has 0 saturated heterocycles. The lowest BCUT2D eigenvalue weighted by molar-refractivity contribution is 0.586. The van der Waals surface area contributed by atoms with E-state index < -0.39 is 21.4 Å². The van der Waals surface area contributed by atoms with Crippen LogP contribution < -0.4 is 5.73 Å². The standard InChI is InChI=1S/C13H10BrClFNO2S/c14-10-6-8(17)4-5-13(10)20(18,19)7-9-11(15)2-1-3-12(9)16/h1-6H,7,17H2. The smallest absolute Gasteiger partial charge is 0.183 e. The Kier molecular flexibility index (Phi) is 4.36. The number of benzene rings is 2. The van der Waals surface area contributed by atoms with Gasteiger partial charge in [-0.3, -0.25) is 0 Å². The van der Waals surface area contributed by atoms with Crippen molar-refractivity contribution in [3.63, 3.8) is 0 Å². The molecule has 0 bridgehead atoms. The van der Waals surface area contributed by atoms with Gasteiger partial charge in [0, 0.05) is 20.7 Å². The van der Waals surface area contributed by atoms with Crippen LogP contribution in [0.4, 0.5) is 10.1 Å². The zero-order valence-electron chi connectivity index (χ0n) is 10.1. The Hall–Kier alpha value is -1.11. The molecule has 0 amide bonds. The van der Waals surface area contributed by atoms with E-state index in [0.717, 1.165) is 0 Å². The minimum Gasteiger partial charge on any atom is -0.399 e. The second-order valence-electron chi connectivity index (χ2n) is 4.15. The summed E-state index contributed by atoms with van der Waals surface area (Å²) in [5.41, 5.74) is 5.95. The number of nitrogens with two attached hydrogens (primary N) is 1. The second kappa shape index (κ2) is 5.71. The third kappa shape index (κ3) is 3.13. The first-order valence-corrected chi connectivity index (χ1v) is 8.34. The van der Waals surface area contributed by atoms with Crippen molar-refractivity contribution in [3.8, 4) is 0 Å². The molecule has 0 spiro atoms. The lowest BCUT2D eigenvalue weighted by Gasteiger charge is -2.09. The number of nitrogen functional groups attached to an aromatic ring is 1. The van der Waals surface area contributed by atoms with Crippen LogP contribution in [0.3, 0.4) is 0 Å². The van der Waals surface area contributed by atoms with Crippen LogP contribution in [0.25, 0.3) is 0 Å². The largest absolute Gasteiger partial charge is 0.399 e. The average molecular weight is 379 g/mol. The van der Waals surface area contributed by atoms with E-state index in [1.807, 2.05) is 0 Å². The normalized spacial score (nSPS) is 11.6. The molecule has 2 aromatic rings. The van der Waals surface area contributed by atoms with E-state index in [-0.39, 0.29) is 15.5 Å². The number of sulfone groups is 1. The Morgan fingerprint density at radius 1 is 1.25 bits per heavy atom. The SMILES string of the molecule is Nc1ccc(S(=O)(=O)Cc2c(F)cccc2Cl)c(Br)c1. The van der Waals surface area contributed by atoms with Crippen LogP contribution >= 0.6 is 27.5 Å². The van der Waals surface area contributed by atoms with Gasteiger partial charge >= 0.3 is 0 Å². The Bertz CT molecular complexity index is 745. The van der Waals surface area contributed by atoms with Crippen molar-refractivity contribution < 1.29 is 12.8 Å². The van der Waals surface area contributed by atoms with Crippen molar-refractivity contribution in [3.05, 3.63) is 57.3 Å². The van der Waals surface area contributed by atoms with Gasteiger partial charge in [0.2, 0.25) is 0 Å². The molecule has 0 aliphatic heterocycles. The summed E-state index contributed by atoms with van der Waals surface area (Å²) in [7, 11) is -3.73. The first kappa shape index (κ1) is 15.3. The van der Waals surface area contributed by atoms with Gasteiger partial charge in [-0.25, -0.2) is 12.8 Å². The monoisotopic (exact) mass is 377 g/mol. The van der Waals surface area contributed by atoms with Crippen molar-refractivity contribution in [1.82, 2.24) is 0 Å². The Labute approximate surface area is 129 Å². The number of anilines is 1. The van der Waals surface area contributed by atoms with Crippen LogP contribution in [0, 0.1) is 5.82 Å². The third-order valence-corrected chi connectivity index (χ3v) is 5.65. The van der Waals surface area contributed by atoms with Gasteiger partial charge in [0.1, 0.15) is 5.82 Å². The highest BCUT2D eigenvalue weighted by molar-refractivity contribution is 9.10. The quantitative estimate of drug-likeness (QED) is 0.827. The molecule has 0 heterocycles. The molecule has 0 aliphatic rings. The molecule has 2 rings (SSSR count). The molecule has 0 fully saturated rings. The van der Waals surface area contributed by atoms with Gasteiger partial charge in [-0.15, -0.1) is 0 Å². The predicted molar refractivity (Wildman–Crippen MR) is 80.9 cm³/mol. The summed E-state index contributed by atoms with van der Waals surface area (Å²) >= 11 is 9.00. The van der Waals surface area contributed by atoms with E-state index in [1.165, 1.54) is 36.4 Å². The molecular formula is C13H10BrClFNO2S. The van der Waals surface area contributed by atoms with Crippen molar-refractivity contribution in [2.45, 2.75) is 10.6 Å². The topological polar surface area (TPSA) is 60.2 Å². The highest BCUT2D eigenvalue weighted by atomic mass is 79.9. The van der Waals surface area contributed by atoms with Crippen LogP contribution in [-0.2, 0) is 15.6 Å². The number of halogens is 3. The summed E-state index contributed by atoms with van der Waals surface area (Å²) in [6.45, 7) is 0. The maximum atomic E-state index is 13.7. The molecular weight excluding hydrogens is 369 g/mol. The fraction of sp³-hybridized carbons (Fsp3) is 0.0769. The van der Waals surface area contributed by atoms with Crippen LogP contribution in [0.5, 0.6) is 0 Å². The summed E-state index contributed by atoms with van der Waals surface area (Å²) < 4.78 is 38.7. The van der Waals surface area contributed by atoms with E-state index in [9.17, 15) is 12.8 Å². The fourth-order valence-electron chi connectivity index (χ4n) is 1.71. The van der Waals surface area contributed by atoms with E-state index >= 15 is 0 Å². The Morgan fingerprint density at radius 3 is 2.55 bits per heavy atom. The van der Waals surface area contributed by atoms with Gasteiger partial charge in [0.15, 0.2) is 9.84 Å². The van der Waals surface area contributed by atoms with Crippen LogP contribution in [0.2, 0.25) is 5.02 Å². The number of hydrogen-bond acceptors (Lipinski definition) is 3. The second-order valence-corrected chi connectivity index (χ2v) is 7.37. The molecule has 7 heteroatoms. The van der Waals surface area contributed by atoms with Crippen molar-refractivity contribution in [2.24, 2.45) is 0 Å². The predicted octanol–water partition coefficient (Wildman–Crippen LogP) is 3.80. The zero-order chi connectivity index (χ0) is 14.9. The number of hydrogen-bond donors (Lipinski definition) is 1. The number of rotatable bonds is 3. The molecule has 2 N–H and O–H groups in total. The highest BCUT2D eigenvalue weighted by Crippen LogP contribution is 2.29. The van der Waals surface area contributed by atoms with Gasteiger partial charge in [-0.2, -0.15) is 0 Å². The van der Waals surface area contributed by atoms with Gasteiger partial charge < -0.3 is 5.73 Å². The van der Waals surface area contributed by atoms with E-state index in [4.69, 9.17) is 17.3 Å². The van der Waals surface area contributed by atoms with Gasteiger partial charge in [-0.1, -0.05) is 17.7 Å². The maximum Gasteiger partial charge on any atom is 0.183 e. The summed E-state index contributed by atoms with van der Waals surface area (Å²) in [5.74, 6) is -1.16. The van der Waals surface area contributed by atoms with Crippen LogP contribution in [-0.4, -0.2) is 8.42 Å². The Morgan fingerprint density at radius 2 is 1.95 bits per heavy atom. The minimum atomic E-state index is -3.73. The molecule has 0 aromatic heterocycles. The lowest BCUT2D eigenvalue weighted by atomic mass is 10.2. The van der Waals surface area contributed by atoms with E-state index in [2.05, 4.69) is 15.9 Å².